The van der Waals surface area contributed by atoms with E-state index in [1.807, 2.05) is 39.8 Å². The number of hydrazone groups is 1. The summed E-state index contributed by atoms with van der Waals surface area (Å²) in [7, 11) is 0. The van der Waals surface area contributed by atoms with E-state index in [-0.39, 0.29) is 17.3 Å². The Kier molecular flexibility index (Phi) is 5.16. The second kappa shape index (κ2) is 7.53. The Morgan fingerprint density at radius 2 is 1.85 bits per heavy atom. The van der Waals surface area contributed by atoms with Crippen LogP contribution < -0.4 is 11.0 Å². The fraction of sp³-hybridized carbons (Fsp3) is 0.238. The summed E-state index contributed by atoms with van der Waals surface area (Å²) in [6.45, 7) is 7.71. The van der Waals surface area contributed by atoms with Gasteiger partial charge in [-0.3, -0.25) is 9.59 Å². The first kappa shape index (κ1) is 18.5. The molecule has 0 fully saturated rings. The maximum Gasteiger partial charge on any atom is 0.292 e. The van der Waals surface area contributed by atoms with E-state index in [9.17, 15) is 9.59 Å². The maximum atomic E-state index is 12.7. The molecule has 2 aromatic carbocycles. The molecule has 0 saturated heterocycles. The van der Waals surface area contributed by atoms with Crippen molar-refractivity contribution < 1.29 is 4.79 Å². The Balaban J connectivity index is 1.95. The van der Waals surface area contributed by atoms with Crippen molar-refractivity contribution in [2.75, 3.05) is 0 Å². The molecule has 3 aromatic rings. The number of hydrogen-bond acceptors (Lipinski definition) is 4. The number of fused-ring (bicyclic) bond motifs is 1. The highest BCUT2D eigenvalue weighted by atomic mass is 16.2. The molecule has 0 bridgehead atoms. The Labute approximate surface area is 157 Å². The second-order valence-electron chi connectivity index (χ2n) is 6.80. The number of rotatable bonds is 4. The van der Waals surface area contributed by atoms with Crippen molar-refractivity contribution in [1.29, 1.82) is 0 Å². The van der Waals surface area contributed by atoms with E-state index in [1.54, 1.807) is 30.5 Å². The first-order valence-electron chi connectivity index (χ1n) is 8.80. The van der Waals surface area contributed by atoms with Gasteiger partial charge in [0.05, 0.1) is 17.6 Å². The molecule has 138 valence electrons. The van der Waals surface area contributed by atoms with Gasteiger partial charge in [0.1, 0.15) is 0 Å². The normalized spacial score (nSPS) is 11.4. The Morgan fingerprint density at radius 3 is 2.52 bits per heavy atom. The summed E-state index contributed by atoms with van der Waals surface area (Å²) in [6, 6.07) is 12.8. The smallest absolute Gasteiger partial charge is 0.267 e. The molecule has 1 N–H and O–H groups in total. The van der Waals surface area contributed by atoms with Crippen molar-refractivity contribution in [1.82, 2.24) is 15.2 Å². The van der Waals surface area contributed by atoms with Crippen LogP contribution in [-0.2, 0) is 0 Å². The maximum absolute atomic E-state index is 12.7. The molecule has 0 spiro atoms. The van der Waals surface area contributed by atoms with Crippen LogP contribution in [0.2, 0.25) is 0 Å². The van der Waals surface area contributed by atoms with E-state index in [0.717, 1.165) is 11.1 Å². The lowest BCUT2D eigenvalue weighted by Gasteiger charge is -2.12. The number of carbonyl (C=O) groups is 1. The summed E-state index contributed by atoms with van der Waals surface area (Å²) >= 11 is 0. The average molecular weight is 362 g/mol. The van der Waals surface area contributed by atoms with Gasteiger partial charge in [-0.05, 0) is 44.9 Å². The SMILES string of the molecule is Cc1ccc(/C=N\NC(=O)c2nn(C(C)C)c(=O)c3ccccc23)c(C)c1. The van der Waals surface area contributed by atoms with Crippen LogP contribution in [-0.4, -0.2) is 21.9 Å². The largest absolute Gasteiger partial charge is 0.292 e. The summed E-state index contributed by atoms with van der Waals surface area (Å²) in [6.07, 6.45) is 1.60. The molecule has 6 heteroatoms. The number of aromatic nitrogens is 2. The first-order chi connectivity index (χ1) is 12.9. The van der Waals surface area contributed by atoms with E-state index < -0.39 is 5.91 Å². The molecule has 0 saturated carbocycles. The Bertz CT molecular complexity index is 1100. The monoisotopic (exact) mass is 362 g/mol. The third-order valence-corrected chi connectivity index (χ3v) is 4.33. The fourth-order valence-electron chi connectivity index (χ4n) is 2.91. The number of carbonyl (C=O) groups excluding carboxylic acids is 1. The summed E-state index contributed by atoms with van der Waals surface area (Å²) in [5.41, 5.74) is 5.65. The molecular formula is C21H22N4O2. The molecule has 6 nitrogen and oxygen atoms in total. The minimum Gasteiger partial charge on any atom is -0.267 e. The molecule has 3 rings (SSSR count). The van der Waals surface area contributed by atoms with Crippen molar-refractivity contribution in [3.05, 3.63) is 75.2 Å². The number of benzene rings is 2. The number of hydrogen-bond donors (Lipinski definition) is 1. The van der Waals surface area contributed by atoms with Crippen molar-refractivity contribution >= 4 is 22.9 Å². The molecule has 27 heavy (non-hydrogen) atoms. The van der Waals surface area contributed by atoms with Gasteiger partial charge in [0.25, 0.3) is 11.5 Å². The second-order valence-corrected chi connectivity index (χ2v) is 6.80. The highest BCUT2D eigenvalue weighted by molar-refractivity contribution is 6.05. The van der Waals surface area contributed by atoms with Crippen molar-refractivity contribution in [2.45, 2.75) is 33.7 Å². The zero-order valence-electron chi connectivity index (χ0n) is 15.9. The molecule has 1 amide bonds. The zero-order chi connectivity index (χ0) is 19.6. The summed E-state index contributed by atoms with van der Waals surface area (Å²) in [5, 5.41) is 9.31. The Hall–Kier alpha value is -3.28. The summed E-state index contributed by atoms with van der Waals surface area (Å²) < 4.78 is 1.32. The van der Waals surface area contributed by atoms with Gasteiger partial charge in [-0.2, -0.15) is 10.2 Å². The van der Waals surface area contributed by atoms with Crippen LogP contribution >= 0.6 is 0 Å². The van der Waals surface area contributed by atoms with Gasteiger partial charge >= 0.3 is 0 Å². The molecule has 1 heterocycles. The lowest BCUT2D eigenvalue weighted by molar-refractivity contribution is 0.0949. The van der Waals surface area contributed by atoms with E-state index in [2.05, 4.69) is 21.7 Å². The van der Waals surface area contributed by atoms with Crippen LogP contribution in [0.25, 0.3) is 10.8 Å². The molecule has 0 unspecified atom stereocenters. The molecular weight excluding hydrogens is 340 g/mol. The van der Waals surface area contributed by atoms with Gasteiger partial charge < -0.3 is 0 Å². The molecule has 0 aliphatic carbocycles. The molecule has 0 aliphatic rings. The molecule has 1 aromatic heterocycles. The standard InChI is InChI=1S/C21H22N4O2/c1-13(2)25-21(27)18-8-6-5-7-17(18)19(24-25)20(26)23-22-12-16-10-9-14(3)11-15(16)4/h5-13H,1-4H3,(H,23,26)/b22-12-. The van der Waals surface area contributed by atoms with Gasteiger partial charge in [-0.1, -0.05) is 42.0 Å². The van der Waals surface area contributed by atoms with Gasteiger partial charge in [-0.25, -0.2) is 10.1 Å². The van der Waals surface area contributed by atoms with Crippen LogP contribution in [0, 0.1) is 13.8 Å². The van der Waals surface area contributed by atoms with Crippen LogP contribution in [0.4, 0.5) is 0 Å². The highest BCUT2D eigenvalue weighted by Crippen LogP contribution is 2.15. The van der Waals surface area contributed by atoms with Gasteiger partial charge in [0, 0.05) is 5.39 Å². The topological polar surface area (TPSA) is 76.3 Å². The van der Waals surface area contributed by atoms with Crippen LogP contribution in [0.5, 0.6) is 0 Å². The summed E-state index contributed by atoms with van der Waals surface area (Å²) in [4.78, 5) is 25.2. The third-order valence-electron chi connectivity index (χ3n) is 4.33. The number of nitrogens with one attached hydrogen (secondary N) is 1. The predicted octanol–water partition coefficient (Wildman–Crippen LogP) is 3.36. The number of nitrogens with zero attached hydrogens (tertiary/aromatic N) is 3. The minimum atomic E-state index is -0.457. The van der Waals surface area contributed by atoms with Gasteiger partial charge in [0.15, 0.2) is 5.69 Å². The van der Waals surface area contributed by atoms with Crippen LogP contribution in [0.15, 0.2) is 52.4 Å². The quantitative estimate of drug-likeness (QED) is 0.571. The van der Waals surface area contributed by atoms with Crippen molar-refractivity contribution in [2.24, 2.45) is 5.10 Å². The zero-order valence-corrected chi connectivity index (χ0v) is 15.9. The van der Waals surface area contributed by atoms with E-state index >= 15 is 0 Å². The number of aryl methyl sites for hydroxylation is 2. The molecule has 0 aliphatic heterocycles. The van der Waals surface area contributed by atoms with E-state index in [0.29, 0.717) is 10.8 Å². The Morgan fingerprint density at radius 1 is 1.15 bits per heavy atom. The lowest BCUT2D eigenvalue weighted by atomic mass is 10.1. The minimum absolute atomic E-state index is 0.160. The van der Waals surface area contributed by atoms with E-state index in [4.69, 9.17) is 0 Å². The predicted molar refractivity (Wildman–Crippen MR) is 107 cm³/mol. The van der Waals surface area contributed by atoms with Crippen molar-refractivity contribution in [3.8, 4) is 0 Å². The summed E-state index contributed by atoms with van der Waals surface area (Å²) in [5.74, 6) is -0.457. The molecule has 0 atom stereocenters. The lowest BCUT2D eigenvalue weighted by Crippen LogP contribution is -2.30. The first-order valence-corrected chi connectivity index (χ1v) is 8.80. The van der Waals surface area contributed by atoms with E-state index in [1.165, 1.54) is 10.2 Å². The fourth-order valence-corrected chi connectivity index (χ4v) is 2.91. The highest BCUT2D eigenvalue weighted by Gasteiger charge is 2.17. The van der Waals surface area contributed by atoms with Crippen molar-refractivity contribution in [3.63, 3.8) is 0 Å². The average Bonchev–Trinajstić information content (AvgIpc) is 2.63. The number of amides is 1. The van der Waals surface area contributed by atoms with Crippen LogP contribution in [0.3, 0.4) is 0 Å². The third kappa shape index (κ3) is 3.79. The van der Waals surface area contributed by atoms with Gasteiger partial charge in [0.2, 0.25) is 0 Å². The molecule has 0 radical (unpaired) electrons. The van der Waals surface area contributed by atoms with Crippen LogP contribution in [0.1, 0.15) is 47.1 Å². The van der Waals surface area contributed by atoms with Gasteiger partial charge in [-0.15, -0.1) is 0 Å².